The summed E-state index contributed by atoms with van der Waals surface area (Å²) in [6.07, 6.45) is 9.42. The van der Waals surface area contributed by atoms with Crippen LogP contribution in [0.1, 0.15) is 27.0 Å². The lowest BCUT2D eigenvalue weighted by Crippen LogP contribution is -2.52. The maximum absolute atomic E-state index is 13.6. The number of amides is 3. The topological polar surface area (TPSA) is 112 Å². The molecular formula is C28H38N8O2. The molecule has 4 N–H and O–H groups in total. The Morgan fingerprint density at radius 1 is 1.16 bits per heavy atom. The number of carbonyl (C=O) groups excluding carboxylic acids is 2. The Balaban J connectivity index is 1.41. The van der Waals surface area contributed by atoms with Crippen LogP contribution in [0.25, 0.3) is 0 Å². The van der Waals surface area contributed by atoms with Crippen molar-refractivity contribution in [2.45, 2.75) is 20.0 Å². The van der Waals surface area contributed by atoms with E-state index in [1.807, 2.05) is 61.4 Å². The van der Waals surface area contributed by atoms with E-state index in [1.54, 1.807) is 15.8 Å². The van der Waals surface area contributed by atoms with Gasteiger partial charge in [-0.15, -0.1) is 0 Å². The van der Waals surface area contributed by atoms with E-state index in [1.165, 1.54) is 0 Å². The molecule has 2 aliphatic heterocycles. The highest BCUT2D eigenvalue weighted by molar-refractivity contribution is 5.94. The lowest BCUT2D eigenvalue weighted by atomic mass is 10.0. The van der Waals surface area contributed by atoms with Crippen LogP contribution in [0.4, 0.5) is 10.6 Å². The highest BCUT2D eigenvalue weighted by atomic mass is 16.2. The van der Waals surface area contributed by atoms with Crippen molar-refractivity contribution in [3.63, 3.8) is 0 Å². The van der Waals surface area contributed by atoms with E-state index in [0.29, 0.717) is 44.8 Å². The highest BCUT2D eigenvalue weighted by Gasteiger charge is 2.22. The van der Waals surface area contributed by atoms with Gasteiger partial charge in [0.2, 0.25) is 0 Å². The number of fused-ring (bicyclic) bond motifs is 1. The zero-order valence-electron chi connectivity index (χ0n) is 22.3. The smallest absolute Gasteiger partial charge is 0.317 e. The van der Waals surface area contributed by atoms with Crippen LogP contribution in [0.15, 0.2) is 61.0 Å². The summed E-state index contributed by atoms with van der Waals surface area (Å²) in [6.45, 7) is 11.8. The number of allylic oxidation sites excluding steroid dienone is 3. The lowest BCUT2D eigenvalue weighted by molar-refractivity contribution is 0.0762. The largest absolute Gasteiger partial charge is 0.341 e. The number of piperazine rings is 1. The second-order valence-electron chi connectivity index (χ2n) is 9.68. The first-order valence-corrected chi connectivity index (χ1v) is 13.0. The van der Waals surface area contributed by atoms with Crippen molar-refractivity contribution in [3.05, 3.63) is 83.2 Å². The Morgan fingerprint density at radius 2 is 1.95 bits per heavy atom. The molecule has 4 rings (SSSR count). The first-order chi connectivity index (χ1) is 18.4. The normalized spacial score (nSPS) is 18.2. The number of hydrogen-bond acceptors (Lipinski definition) is 6. The van der Waals surface area contributed by atoms with Gasteiger partial charge in [0.15, 0.2) is 0 Å². The zero-order valence-corrected chi connectivity index (χ0v) is 22.3. The molecule has 1 aromatic carbocycles. The Hall–Kier alpha value is -3.89. The molecule has 0 bridgehead atoms. The van der Waals surface area contributed by atoms with Crippen LogP contribution < -0.4 is 16.4 Å². The average molecular weight is 519 g/mol. The Bertz CT molecular complexity index is 1220. The third-order valence-corrected chi connectivity index (χ3v) is 6.94. The fourth-order valence-electron chi connectivity index (χ4n) is 4.67. The minimum Gasteiger partial charge on any atom is -0.341 e. The number of rotatable bonds is 5. The Kier molecular flexibility index (Phi) is 8.98. The van der Waals surface area contributed by atoms with E-state index in [0.717, 1.165) is 47.8 Å². The molecule has 0 unspecified atom stereocenters. The molecule has 1 aromatic heterocycles. The molecule has 202 valence electrons. The maximum Gasteiger partial charge on any atom is 0.317 e. The summed E-state index contributed by atoms with van der Waals surface area (Å²) in [5.74, 6) is 0.739. The summed E-state index contributed by atoms with van der Waals surface area (Å²) in [6, 6.07) is 5.59. The van der Waals surface area contributed by atoms with Gasteiger partial charge in [-0.05, 0) is 36.3 Å². The number of carbonyl (C=O) groups is 2. The van der Waals surface area contributed by atoms with Crippen LogP contribution in [-0.4, -0.2) is 82.2 Å². The van der Waals surface area contributed by atoms with E-state index in [2.05, 4.69) is 27.2 Å². The molecule has 1 saturated heterocycles. The summed E-state index contributed by atoms with van der Waals surface area (Å²) in [5, 5.41) is 10.7. The minimum atomic E-state index is -0.0689. The average Bonchev–Trinajstić information content (AvgIpc) is 3.23. The van der Waals surface area contributed by atoms with Crippen molar-refractivity contribution in [2.24, 2.45) is 12.8 Å². The van der Waals surface area contributed by atoms with Crippen LogP contribution in [0, 0.1) is 6.92 Å². The Morgan fingerprint density at radius 3 is 2.68 bits per heavy atom. The van der Waals surface area contributed by atoms with Crippen molar-refractivity contribution in [1.82, 2.24) is 29.8 Å². The standard InChI is InChI=1S/C28H38N8O2/c1-21-17-23(8-9-24(21)18-30-28(38)35-15-13-34(12-10-29)14-16-35)27(37)36-11-6-4-5-7-22(2)32-26-25(20-36)19-31-33(26)3/h4-9,17,19,32H,2,10-16,18,20,29H2,1,3H3,(H,30,38)/b6-4-,7-5-. The van der Waals surface area contributed by atoms with Gasteiger partial charge in [-0.3, -0.25) is 14.4 Å². The number of hydrogen-bond donors (Lipinski definition) is 3. The third kappa shape index (κ3) is 6.70. The summed E-state index contributed by atoms with van der Waals surface area (Å²) in [7, 11) is 1.86. The van der Waals surface area contributed by atoms with E-state index in [-0.39, 0.29) is 11.9 Å². The fraction of sp³-hybridized carbons (Fsp3) is 0.393. The number of nitrogens with two attached hydrogens (primary N) is 1. The van der Waals surface area contributed by atoms with Crippen molar-refractivity contribution < 1.29 is 9.59 Å². The van der Waals surface area contributed by atoms with Gasteiger partial charge in [-0.2, -0.15) is 5.10 Å². The lowest BCUT2D eigenvalue weighted by Gasteiger charge is -2.34. The second kappa shape index (κ2) is 12.6. The SMILES string of the molecule is C=C1/C=C\C=C/CN(C(=O)c2ccc(CNC(=O)N3CCN(CCN)CC3)c(C)c2)Cc2cnn(C)c2N1. The van der Waals surface area contributed by atoms with Crippen LogP contribution in [0.5, 0.6) is 0 Å². The fourth-order valence-corrected chi connectivity index (χ4v) is 4.67. The van der Waals surface area contributed by atoms with Gasteiger partial charge in [0, 0.05) is 76.2 Å². The quantitative estimate of drug-likeness (QED) is 0.560. The Labute approximate surface area is 224 Å². The summed E-state index contributed by atoms with van der Waals surface area (Å²) in [5.41, 5.74) is 9.83. The van der Waals surface area contributed by atoms with Crippen LogP contribution in [0.2, 0.25) is 0 Å². The van der Waals surface area contributed by atoms with Gasteiger partial charge in [-0.25, -0.2) is 4.79 Å². The zero-order chi connectivity index (χ0) is 27.1. The van der Waals surface area contributed by atoms with Gasteiger partial charge in [0.25, 0.3) is 5.91 Å². The van der Waals surface area contributed by atoms with Gasteiger partial charge in [-0.1, -0.05) is 30.9 Å². The predicted molar refractivity (Wildman–Crippen MR) is 149 cm³/mol. The van der Waals surface area contributed by atoms with E-state index < -0.39 is 0 Å². The maximum atomic E-state index is 13.6. The van der Waals surface area contributed by atoms with Crippen LogP contribution in [0.3, 0.4) is 0 Å². The van der Waals surface area contributed by atoms with Gasteiger partial charge in [0.05, 0.1) is 12.7 Å². The molecule has 0 radical (unpaired) electrons. The molecule has 38 heavy (non-hydrogen) atoms. The number of nitrogens with zero attached hydrogens (tertiary/aromatic N) is 5. The van der Waals surface area contributed by atoms with Crippen molar-refractivity contribution in [3.8, 4) is 0 Å². The number of anilines is 1. The van der Waals surface area contributed by atoms with E-state index in [4.69, 9.17) is 5.73 Å². The van der Waals surface area contributed by atoms with Crippen LogP contribution >= 0.6 is 0 Å². The molecule has 2 aromatic rings. The minimum absolute atomic E-state index is 0.0649. The number of benzene rings is 1. The molecule has 3 amide bonds. The van der Waals surface area contributed by atoms with Crippen molar-refractivity contribution in [2.75, 3.05) is 51.1 Å². The van der Waals surface area contributed by atoms with Gasteiger partial charge >= 0.3 is 6.03 Å². The first-order valence-electron chi connectivity index (χ1n) is 13.0. The third-order valence-electron chi connectivity index (χ3n) is 6.94. The van der Waals surface area contributed by atoms with Crippen molar-refractivity contribution in [1.29, 1.82) is 0 Å². The van der Waals surface area contributed by atoms with Crippen molar-refractivity contribution >= 4 is 17.8 Å². The molecule has 1 fully saturated rings. The summed E-state index contributed by atoms with van der Waals surface area (Å²) in [4.78, 5) is 32.1. The van der Waals surface area contributed by atoms with E-state index in [9.17, 15) is 9.59 Å². The molecular weight excluding hydrogens is 480 g/mol. The molecule has 2 aliphatic rings. The molecule has 10 nitrogen and oxygen atoms in total. The van der Waals surface area contributed by atoms with Crippen LogP contribution in [-0.2, 0) is 20.1 Å². The monoisotopic (exact) mass is 518 g/mol. The number of aryl methyl sites for hydroxylation is 2. The predicted octanol–water partition coefficient (Wildman–Crippen LogP) is 2.21. The number of nitrogens with one attached hydrogen (secondary N) is 2. The first kappa shape index (κ1) is 27.2. The molecule has 10 heteroatoms. The molecule has 0 spiro atoms. The highest BCUT2D eigenvalue weighted by Crippen LogP contribution is 2.21. The molecule has 0 atom stereocenters. The molecule has 0 saturated carbocycles. The second-order valence-corrected chi connectivity index (χ2v) is 9.68. The van der Waals surface area contributed by atoms with E-state index >= 15 is 0 Å². The molecule has 0 aliphatic carbocycles. The number of urea groups is 1. The summed E-state index contributed by atoms with van der Waals surface area (Å²) >= 11 is 0. The number of aromatic nitrogens is 2. The van der Waals surface area contributed by atoms with Gasteiger partial charge < -0.3 is 26.2 Å². The molecule has 3 heterocycles. The van der Waals surface area contributed by atoms with Gasteiger partial charge in [0.1, 0.15) is 5.82 Å². The summed E-state index contributed by atoms with van der Waals surface area (Å²) < 4.78 is 1.75.